The minimum atomic E-state index is -0.265. The van der Waals surface area contributed by atoms with E-state index in [4.69, 9.17) is 9.72 Å². The first-order chi connectivity index (χ1) is 8.77. The van der Waals surface area contributed by atoms with Crippen molar-refractivity contribution in [2.24, 2.45) is 7.05 Å². The average molecular weight is 246 g/mol. The molecular formula is C13H18N4O. The molecule has 1 N–H and O–H groups in total. The molecule has 0 saturated carbocycles. The molecule has 1 saturated heterocycles. The molecule has 5 nitrogen and oxygen atoms in total. The quantitative estimate of drug-likeness (QED) is 0.865. The summed E-state index contributed by atoms with van der Waals surface area (Å²) in [5.74, 6) is 1.01. The van der Waals surface area contributed by atoms with Crippen molar-refractivity contribution in [3.63, 3.8) is 0 Å². The van der Waals surface area contributed by atoms with Crippen LogP contribution in [0, 0.1) is 0 Å². The number of imidazole rings is 1. The minimum Gasteiger partial charge on any atom is -0.370 e. The summed E-state index contributed by atoms with van der Waals surface area (Å²) in [6, 6.07) is 1.95. The van der Waals surface area contributed by atoms with E-state index < -0.39 is 0 Å². The van der Waals surface area contributed by atoms with Crippen LogP contribution in [0.5, 0.6) is 0 Å². The number of pyridine rings is 1. The lowest BCUT2D eigenvalue weighted by Crippen LogP contribution is -2.42. The van der Waals surface area contributed by atoms with Gasteiger partial charge < -0.3 is 14.6 Å². The summed E-state index contributed by atoms with van der Waals surface area (Å²) < 4.78 is 7.94. The van der Waals surface area contributed by atoms with Gasteiger partial charge in [0.05, 0.1) is 17.2 Å². The first kappa shape index (κ1) is 11.6. The topological polar surface area (TPSA) is 52.0 Å². The van der Waals surface area contributed by atoms with Crippen molar-refractivity contribution in [3.8, 4) is 0 Å². The zero-order valence-corrected chi connectivity index (χ0v) is 10.8. The Morgan fingerprint density at radius 2 is 2.17 bits per heavy atom. The van der Waals surface area contributed by atoms with Crippen molar-refractivity contribution in [3.05, 3.63) is 24.3 Å². The van der Waals surface area contributed by atoms with Crippen LogP contribution in [0.2, 0.25) is 0 Å². The van der Waals surface area contributed by atoms with E-state index in [0.29, 0.717) is 0 Å². The van der Waals surface area contributed by atoms with Gasteiger partial charge in [0.25, 0.3) is 0 Å². The van der Waals surface area contributed by atoms with Crippen LogP contribution >= 0.6 is 0 Å². The lowest BCUT2D eigenvalue weighted by atomic mass is 9.91. The number of nitrogens with one attached hydrogen (secondary N) is 1. The molecule has 0 amide bonds. The van der Waals surface area contributed by atoms with Gasteiger partial charge in [0, 0.05) is 20.4 Å². The molecule has 96 valence electrons. The molecule has 2 aromatic rings. The smallest absolute Gasteiger partial charge is 0.142 e. The fraction of sp³-hybridized carbons (Fsp3) is 0.538. The van der Waals surface area contributed by atoms with Gasteiger partial charge in [-0.1, -0.05) is 0 Å². The maximum absolute atomic E-state index is 5.83. The van der Waals surface area contributed by atoms with E-state index in [2.05, 4.69) is 14.9 Å². The highest BCUT2D eigenvalue weighted by molar-refractivity contribution is 5.74. The molecule has 5 heteroatoms. The summed E-state index contributed by atoms with van der Waals surface area (Å²) in [6.45, 7) is 1.94. The second-order valence-electron chi connectivity index (χ2n) is 4.81. The Bertz CT molecular complexity index is 557. The van der Waals surface area contributed by atoms with Gasteiger partial charge in [-0.15, -0.1) is 0 Å². The Morgan fingerprint density at radius 1 is 1.39 bits per heavy atom. The number of ether oxygens (including phenoxy) is 1. The highest BCUT2D eigenvalue weighted by Gasteiger charge is 2.38. The number of hydrogen-bond donors (Lipinski definition) is 1. The van der Waals surface area contributed by atoms with Crippen LogP contribution in [0.3, 0.4) is 0 Å². The predicted octanol–water partition coefficient (Wildman–Crippen LogP) is 1.19. The number of fused-ring (bicyclic) bond motifs is 1. The molecular weight excluding hydrogens is 228 g/mol. The van der Waals surface area contributed by atoms with E-state index in [0.717, 1.165) is 42.8 Å². The molecule has 1 aliphatic rings. The van der Waals surface area contributed by atoms with Gasteiger partial charge in [-0.3, -0.25) is 4.98 Å². The molecule has 0 radical (unpaired) electrons. The Hall–Kier alpha value is -1.46. The monoisotopic (exact) mass is 246 g/mol. The fourth-order valence-electron chi connectivity index (χ4n) is 2.79. The highest BCUT2D eigenvalue weighted by Crippen LogP contribution is 2.34. The number of nitrogens with zero attached hydrogens (tertiary/aromatic N) is 3. The van der Waals surface area contributed by atoms with E-state index in [1.807, 2.05) is 19.3 Å². The van der Waals surface area contributed by atoms with E-state index in [-0.39, 0.29) is 5.60 Å². The maximum Gasteiger partial charge on any atom is 0.142 e. The average Bonchev–Trinajstić information content (AvgIpc) is 2.78. The molecule has 1 aliphatic heterocycles. The Labute approximate surface area is 106 Å². The number of piperidine rings is 1. The van der Waals surface area contributed by atoms with Gasteiger partial charge in [0.2, 0.25) is 0 Å². The third kappa shape index (κ3) is 1.62. The van der Waals surface area contributed by atoms with Crippen molar-refractivity contribution in [2.75, 3.05) is 20.2 Å². The molecule has 1 fully saturated rings. The highest BCUT2D eigenvalue weighted by atomic mass is 16.5. The molecule has 0 unspecified atom stereocenters. The van der Waals surface area contributed by atoms with E-state index in [1.165, 1.54) is 0 Å². The SMILES string of the molecule is COC1(c2nc3ccncc3n2C)CCNCC1. The van der Waals surface area contributed by atoms with Crippen LogP contribution in [0.15, 0.2) is 18.5 Å². The Morgan fingerprint density at radius 3 is 2.83 bits per heavy atom. The summed E-state index contributed by atoms with van der Waals surface area (Å²) in [5, 5.41) is 3.37. The van der Waals surface area contributed by atoms with Crippen LogP contribution in [0.1, 0.15) is 18.7 Å². The van der Waals surface area contributed by atoms with E-state index >= 15 is 0 Å². The first-order valence-electron chi connectivity index (χ1n) is 6.30. The van der Waals surface area contributed by atoms with Crippen LogP contribution in [-0.2, 0) is 17.4 Å². The molecule has 3 heterocycles. The number of methoxy groups -OCH3 is 1. The van der Waals surface area contributed by atoms with E-state index in [9.17, 15) is 0 Å². The third-order valence-electron chi connectivity index (χ3n) is 3.89. The second kappa shape index (κ2) is 4.33. The number of aromatic nitrogens is 3. The minimum absolute atomic E-state index is 0.265. The van der Waals surface area contributed by atoms with Crippen LogP contribution in [0.4, 0.5) is 0 Å². The van der Waals surface area contributed by atoms with Crippen LogP contribution in [-0.4, -0.2) is 34.7 Å². The first-order valence-corrected chi connectivity index (χ1v) is 6.30. The zero-order chi connectivity index (χ0) is 12.6. The van der Waals surface area contributed by atoms with Gasteiger partial charge in [-0.25, -0.2) is 4.98 Å². The Kier molecular flexibility index (Phi) is 2.80. The molecule has 0 atom stereocenters. The number of aryl methyl sites for hydroxylation is 1. The van der Waals surface area contributed by atoms with E-state index in [1.54, 1.807) is 13.3 Å². The molecule has 0 bridgehead atoms. The predicted molar refractivity (Wildman–Crippen MR) is 69.3 cm³/mol. The van der Waals surface area contributed by atoms with Gasteiger partial charge in [-0.2, -0.15) is 0 Å². The van der Waals surface area contributed by atoms with Crippen LogP contribution < -0.4 is 5.32 Å². The Balaban J connectivity index is 2.14. The molecule has 0 aromatic carbocycles. The normalized spacial score (nSPS) is 19.2. The summed E-state index contributed by atoms with van der Waals surface area (Å²) in [6.07, 6.45) is 5.54. The molecule has 0 spiro atoms. The van der Waals surface area contributed by atoms with Gasteiger partial charge >= 0.3 is 0 Å². The standard InChI is InChI=1S/C13H18N4O/c1-17-11-9-15-6-3-10(11)16-12(17)13(18-2)4-7-14-8-5-13/h3,6,9,14H,4-5,7-8H2,1-2H3. The van der Waals surface area contributed by atoms with Crippen molar-refractivity contribution >= 4 is 11.0 Å². The lowest BCUT2D eigenvalue weighted by molar-refractivity contribution is -0.0477. The summed E-state index contributed by atoms with van der Waals surface area (Å²) in [5.41, 5.74) is 1.78. The molecule has 0 aliphatic carbocycles. The van der Waals surface area contributed by atoms with Crippen molar-refractivity contribution in [1.29, 1.82) is 0 Å². The largest absolute Gasteiger partial charge is 0.370 e. The zero-order valence-electron chi connectivity index (χ0n) is 10.8. The van der Waals surface area contributed by atoms with Crippen LogP contribution in [0.25, 0.3) is 11.0 Å². The van der Waals surface area contributed by atoms with Gasteiger partial charge in [-0.05, 0) is 32.0 Å². The summed E-state index contributed by atoms with van der Waals surface area (Å²) in [4.78, 5) is 8.92. The second-order valence-corrected chi connectivity index (χ2v) is 4.81. The van der Waals surface area contributed by atoms with Crippen molar-refractivity contribution in [1.82, 2.24) is 19.9 Å². The lowest BCUT2D eigenvalue weighted by Gasteiger charge is -2.35. The van der Waals surface area contributed by atoms with Gasteiger partial charge in [0.15, 0.2) is 0 Å². The molecule has 18 heavy (non-hydrogen) atoms. The summed E-state index contributed by atoms with van der Waals surface area (Å²) >= 11 is 0. The molecule has 2 aromatic heterocycles. The third-order valence-corrected chi connectivity index (χ3v) is 3.89. The van der Waals surface area contributed by atoms with Gasteiger partial charge in [0.1, 0.15) is 11.4 Å². The number of hydrogen-bond acceptors (Lipinski definition) is 4. The maximum atomic E-state index is 5.83. The number of rotatable bonds is 2. The molecule has 3 rings (SSSR count). The van der Waals surface area contributed by atoms with Crippen molar-refractivity contribution < 1.29 is 4.74 Å². The fourth-order valence-corrected chi connectivity index (χ4v) is 2.79. The summed E-state index contributed by atoms with van der Waals surface area (Å²) in [7, 11) is 3.82. The van der Waals surface area contributed by atoms with Crippen molar-refractivity contribution in [2.45, 2.75) is 18.4 Å².